The Hall–Kier alpha value is -1.55. The molecule has 0 unspecified atom stereocenters. The van der Waals surface area contributed by atoms with Gasteiger partial charge in [0, 0.05) is 50.0 Å². The van der Waals surface area contributed by atoms with E-state index in [1.54, 1.807) is 0 Å². The number of nitrogens with two attached hydrogens (primary N) is 1. The number of rotatable bonds is 4. The van der Waals surface area contributed by atoms with Crippen LogP contribution in [0.25, 0.3) is 0 Å². The molecule has 1 aliphatic heterocycles. The van der Waals surface area contributed by atoms with Gasteiger partial charge in [-0.05, 0) is 29.3 Å². The zero-order valence-corrected chi connectivity index (χ0v) is 13.5. The van der Waals surface area contributed by atoms with Crippen LogP contribution in [0, 0.1) is 0 Å². The van der Waals surface area contributed by atoms with E-state index in [1.165, 1.54) is 16.8 Å². The van der Waals surface area contributed by atoms with Gasteiger partial charge in [0.15, 0.2) is 0 Å². The lowest BCUT2D eigenvalue weighted by Crippen LogP contribution is -2.45. The predicted octanol–water partition coefficient (Wildman–Crippen LogP) is 3.12. The van der Waals surface area contributed by atoms with E-state index in [0.29, 0.717) is 6.54 Å². The molecule has 116 valence electrons. The van der Waals surface area contributed by atoms with Crippen LogP contribution in [0.5, 0.6) is 0 Å². The number of hydrogen-bond acceptors (Lipinski definition) is 3. The van der Waals surface area contributed by atoms with Crippen LogP contribution >= 0.6 is 11.6 Å². The van der Waals surface area contributed by atoms with Crippen LogP contribution in [0.15, 0.2) is 48.5 Å². The van der Waals surface area contributed by atoms with Gasteiger partial charge in [0.2, 0.25) is 0 Å². The van der Waals surface area contributed by atoms with Crippen molar-refractivity contribution in [2.75, 3.05) is 31.1 Å². The lowest BCUT2D eigenvalue weighted by molar-refractivity contribution is 0.250. The molecule has 1 aliphatic rings. The monoisotopic (exact) mass is 315 g/mol. The molecule has 1 fully saturated rings. The smallest absolute Gasteiger partial charge is 0.0426 e. The van der Waals surface area contributed by atoms with Gasteiger partial charge in [-0.15, -0.1) is 0 Å². The van der Waals surface area contributed by atoms with E-state index in [0.717, 1.165) is 37.7 Å². The van der Waals surface area contributed by atoms with Gasteiger partial charge < -0.3 is 10.6 Å². The number of nitrogens with zero attached hydrogens (tertiary/aromatic N) is 2. The Kier molecular flexibility index (Phi) is 4.98. The lowest BCUT2D eigenvalue weighted by Gasteiger charge is -2.36. The van der Waals surface area contributed by atoms with Crippen molar-refractivity contribution in [1.82, 2.24) is 4.90 Å². The highest BCUT2D eigenvalue weighted by atomic mass is 35.5. The molecule has 2 aromatic carbocycles. The van der Waals surface area contributed by atoms with Crippen LogP contribution in [0.4, 0.5) is 5.69 Å². The predicted molar refractivity (Wildman–Crippen MR) is 93.3 cm³/mol. The molecular weight excluding hydrogens is 294 g/mol. The largest absolute Gasteiger partial charge is 0.369 e. The summed E-state index contributed by atoms with van der Waals surface area (Å²) in [6.45, 7) is 5.85. The molecule has 2 aromatic rings. The molecule has 4 heteroatoms. The maximum absolute atomic E-state index is 6.08. The average molecular weight is 316 g/mol. The SMILES string of the molecule is NCc1ccc(CN2CCN(c3cccc(Cl)c3)CC2)cc1. The van der Waals surface area contributed by atoms with Gasteiger partial charge in [0.25, 0.3) is 0 Å². The van der Waals surface area contributed by atoms with Crippen LogP contribution in [-0.2, 0) is 13.1 Å². The minimum absolute atomic E-state index is 0.610. The van der Waals surface area contributed by atoms with Crippen molar-refractivity contribution in [2.24, 2.45) is 5.73 Å². The van der Waals surface area contributed by atoms with Gasteiger partial charge in [-0.3, -0.25) is 4.90 Å². The van der Waals surface area contributed by atoms with Crippen molar-refractivity contribution in [3.8, 4) is 0 Å². The molecule has 3 nitrogen and oxygen atoms in total. The molecule has 2 N–H and O–H groups in total. The molecule has 22 heavy (non-hydrogen) atoms. The van der Waals surface area contributed by atoms with Gasteiger partial charge in [-0.25, -0.2) is 0 Å². The summed E-state index contributed by atoms with van der Waals surface area (Å²) in [5, 5.41) is 0.805. The molecule has 1 saturated heterocycles. The molecule has 0 bridgehead atoms. The summed E-state index contributed by atoms with van der Waals surface area (Å²) in [5.74, 6) is 0. The summed E-state index contributed by atoms with van der Waals surface area (Å²) in [6.07, 6.45) is 0. The molecule has 0 aromatic heterocycles. The van der Waals surface area contributed by atoms with Crippen LogP contribution in [0.2, 0.25) is 5.02 Å². The zero-order chi connectivity index (χ0) is 15.4. The van der Waals surface area contributed by atoms with Gasteiger partial charge >= 0.3 is 0 Å². The Labute approximate surface area is 137 Å². The van der Waals surface area contributed by atoms with Gasteiger partial charge in [-0.2, -0.15) is 0 Å². The summed E-state index contributed by atoms with van der Waals surface area (Å²) in [4.78, 5) is 4.90. The molecule has 0 spiro atoms. The number of hydrogen-bond donors (Lipinski definition) is 1. The number of halogens is 1. The quantitative estimate of drug-likeness (QED) is 0.941. The summed E-state index contributed by atoms with van der Waals surface area (Å²) < 4.78 is 0. The van der Waals surface area contributed by atoms with Crippen LogP contribution in [0.1, 0.15) is 11.1 Å². The third kappa shape index (κ3) is 3.80. The Balaban J connectivity index is 1.55. The standard InChI is InChI=1S/C18H22ClN3/c19-17-2-1-3-18(12-17)22-10-8-21(9-11-22)14-16-6-4-15(13-20)5-7-16/h1-7,12H,8-11,13-14,20H2. The van der Waals surface area contributed by atoms with Crippen molar-refractivity contribution >= 4 is 17.3 Å². The molecule has 1 heterocycles. The number of anilines is 1. The van der Waals surface area contributed by atoms with Crippen LogP contribution in [-0.4, -0.2) is 31.1 Å². The van der Waals surface area contributed by atoms with Gasteiger partial charge in [0.1, 0.15) is 0 Å². The van der Waals surface area contributed by atoms with E-state index in [-0.39, 0.29) is 0 Å². The molecule has 0 atom stereocenters. The highest BCUT2D eigenvalue weighted by Gasteiger charge is 2.17. The first-order valence-corrected chi connectivity index (χ1v) is 8.13. The third-order valence-electron chi connectivity index (χ3n) is 4.21. The van der Waals surface area contributed by atoms with E-state index >= 15 is 0 Å². The average Bonchev–Trinajstić information content (AvgIpc) is 2.56. The summed E-state index contributed by atoms with van der Waals surface area (Å²) in [7, 11) is 0. The molecule has 0 aliphatic carbocycles. The van der Waals surface area contributed by atoms with Gasteiger partial charge in [0.05, 0.1) is 0 Å². The summed E-state index contributed by atoms with van der Waals surface area (Å²) in [6, 6.07) is 16.7. The van der Waals surface area contributed by atoms with E-state index in [4.69, 9.17) is 17.3 Å². The first kappa shape index (κ1) is 15.3. The Morgan fingerprint density at radius 3 is 2.23 bits per heavy atom. The molecular formula is C18H22ClN3. The lowest BCUT2D eigenvalue weighted by atomic mass is 10.1. The summed E-state index contributed by atoms with van der Waals surface area (Å²) >= 11 is 6.08. The molecule has 3 rings (SSSR count). The fraction of sp³-hybridized carbons (Fsp3) is 0.333. The zero-order valence-electron chi connectivity index (χ0n) is 12.7. The minimum Gasteiger partial charge on any atom is -0.369 e. The van der Waals surface area contributed by atoms with E-state index in [2.05, 4.69) is 40.1 Å². The number of benzene rings is 2. The van der Waals surface area contributed by atoms with E-state index in [1.807, 2.05) is 18.2 Å². The highest BCUT2D eigenvalue weighted by molar-refractivity contribution is 6.30. The van der Waals surface area contributed by atoms with Crippen molar-refractivity contribution in [3.05, 3.63) is 64.7 Å². The fourth-order valence-corrected chi connectivity index (χ4v) is 3.06. The number of piperazine rings is 1. The van der Waals surface area contributed by atoms with Crippen molar-refractivity contribution in [2.45, 2.75) is 13.1 Å². The highest BCUT2D eigenvalue weighted by Crippen LogP contribution is 2.21. The summed E-state index contributed by atoms with van der Waals surface area (Å²) in [5.41, 5.74) is 9.41. The fourth-order valence-electron chi connectivity index (χ4n) is 2.88. The second kappa shape index (κ2) is 7.14. The van der Waals surface area contributed by atoms with Crippen LogP contribution in [0.3, 0.4) is 0 Å². The Morgan fingerprint density at radius 1 is 0.909 bits per heavy atom. The van der Waals surface area contributed by atoms with Crippen molar-refractivity contribution < 1.29 is 0 Å². The second-order valence-corrected chi connectivity index (χ2v) is 6.20. The minimum atomic E-state index is 0.610. The first-order valence-electron chi connectivity index (χ1n) is 7.75. The first-order chi connectivity index (χ1) is 10.7. The normalized spacial score (nSPS) is 16.0. The topological polar surface area (TPSA) is 32.5 Å². The molecule has 0 saturated carbocycles. The van der Waals surface area contributed by atoms with Crippen molar-refractivity contribution in [1.29, 1.82) is 0 Å². The second-order valence-electron chi connectivity index (χ2n) is 5.76. The van der Waals surface area contributed by atoms with Gasteiger partial charge in [-0.1, -0.05) is 41.9 Å². The maximum atomic E-state index is 6.08. The Morgan fingerprint density at radius 2 is 1.59 bits per heavy atom. The van der Waals surface area contributed by atoms with Crippen molar-refractivity contribution in [3.63, 3.8) is 0 Å². The maximum Gasteiger partial charge on any atom is 0.0426 e. The third-order valence-corrected chi connectivity index (χ3v) is 4.45. The molecule has 0 amide bonds. The Bertz CT molecular complexity index is 604. The van der Waals surface area contributed by atoms with E-state index < -0.39 is 0 Å². The van der Waals surface area contributed by atoms with Crippen LogP contribution < -0.4 is 10.6 Å². The van der Waals surface area contributed by atoms with E-state index in [9.17, 15) is 0 Å². The molecule has 0 radical (unpaired) electrons.